The van der Waals surface area contributed by atoms with Crippen LogP contribution in [-0.2, 0) is 11.2 Å². The van der Waals surface area contributed by atoms with E-state index in [4.69, 9.17) is 0 Å². The van der Waals surface area contributed by atoms with Crippen LogP contribution in [0.4, 0.5) is 0 Å². The second kappa shape index (κ2) is 4.79. The third-order valence-corrected chi connectivity index (χ3v) is 4.91. The normalized spacial score (nSPS) is 18.1. The van der Waals surface area contributed by atoms with Gasteiger partial charge in [-0.25, -0.2) is 4.79 Å². The van der Waals surface area contributed by atoms with Gasteiger partial charge in [0.1, 0.15) is 0 Å². The topological polar surface area (TPSA) is 57.6 Å². The van der Waals surface area contributed by atoms with Crippen molar-refractivity contribution in [1.29, 1.82) is 0 Å². The molecule has 0 radical (unpaired) electrons. The Hall–Kier alpha value is -1.66. The molecule has 0 spiro atoms. The van der Waals surface area contributed by atoms with Crippen LogP contribution in [0.25, 0.3) is 0 Å². The number of fused-ring (bicyclic) bond motifs is 1. The molecule has 1 N–H and O–H groups in total. The molecule has 0 fully saturated rings. The van der Waals surface area contributed by atoms with Gasteiger partial charge in [-0.3, -0.25) is 4.79 Å². The molecule has 4 nitrogen and oxygen atoms in total. The second-order valence-electron chi connectivity index (χ2n) is 4.30. The number of hydrogen-bond donors (Lipinski definition) is 1. The zero-order chi connectivity index (χ0) is 13.4. The average molecular weight is 293 g/mol. The molecule has 1 unspecified atom stereocenters. The van der Waals surface area contributed by atoms with Crippen LogP contribution in [-0.4, -0.2) is 28.4 Å². The molecule has 3 rings (SSSR count). The van der Waals surface area contributed by atoms with Gasteiger partial charge in [0.05, 0.1) is 5.56 Å². The number of carbonyl (C=O) groups excluding carboxylic acids is 1. The van der Waals surface area contributed by atoms with Gasteiger partial charge < -0.3 is 10.0 Å². The molecule has 98 valence electrons. The van der Waals surface area contributed by atoms with Crippen LogP contribution in [0.3, 0.4) is 0 Å². The van der Waals surface area contributed by atoms with Gasteiger partial charge in [-0.1, -0.05) is 0 Å². The first-order valence-electron chi connectivity index (χ1n) is 5.80. The molecule has 1 aliphatic heterocycles. The molecule has 1 aliphatic rings. The summed E-state index contributed by atoms with van der Waals surface area (Å²) in [7, 11) is 0. The molecule has 2 aromatic rings. The van der Waals surface area contributed by atoms with Gasteiger partial charge in [0.25, 0.3) is 5.91 Å². The smallest absolute Gasteiger partial charge is 0.331 e. The summed E-state index contributed by atoms with van der Waals surface area (Å²) in [6, 6.07) is 2.68. The highest BCUT2D eigenvalue weighted by Gasteiger charge is 2.36. The molecular formula is C13H11NO3S2. The fraction of sp³-hybridized carbons (Fsp3) is 0.231. The second-order valence-corrected chi connectivity index (χ2v) is 6.08. The third-order valence-electron chi connectivity index (χ3n) is 3.23. The van der Waals surface area contributed by atoms with E-state index in [1.165, 1.54) is 16.2 Å². The molecule has 0 aliphatic carbocycles. The van der Waals surface area contributed by atoms with E-state index >= 15 is 0 Å². The van der Waals surface area contributed by atoms with Crippen molar-refractivity contribution < 1.29 is 14.7 Å². The van der Waals surface area contributed by atoms with Crippen LogP contribution in [0.5, 0.6) is 0 Å². The Labute approximate surface area is 117 Å². The number of amides is 1. The summed E-state index contributed by atoms with van der Waals surface area (Å²) in [5.74, 6) is -1.17. The Kier molecular flexibility index (Phi) is 3.12. The number of hydrogen-bond acceptors (Lipinski definition) is 4. The van der Waals surface area contributed by atoms with E-state index in [1.807, 2.05) is 16.8 Å². The Morgan fingerprint density at radius 3 is 2.84 bits per heavy atom. The van der Waals surface area contributed by atoms with E-state index in [0.717, 1.165) is 16.9 Å². The SMILES string of the molecule is O=C(O)C1c2ccsc2CCN1C(=O)c1ccsc1. The Morgan fingerprint density at radius 1 is 1.32 bits per heavy atom. The molecule has 2 aromatic heterocycles. The van der Waals surface area contributed by atoms with Crippen molar-refractivity contribution in [3.8, 4) is 0 Å². The summed E-state index contributed by atoms with van der Waals surface area (Å²) < 4.78 is 0. The fourth-order valence-corrected chi connectivity index (χ4v) is 3.89. The lowest BCUT2D eigenvalue weighted by Gasteiger charge is -2.33. The first-order valence-corrected chi connectivity index (χ1v) is 7.63. The molecule has 0 saturated carbocycles. The quantitative estimate of drug-likeness (QED) is 0.926. The van der Waals surface area contributed by atoms with Crippen LogP contribution < -0.4 is 0 Å². The maximum absolute atomic E-state index is 12.4. The summed E-state index contributed by atoms with van der Waals surface area (Å²) in [4.78, 5) is 26.4. The standard InChI is InChI=1S/C13H11NO3S2/c15-12(8-2-5-18-7-8)14-4-1-10-9(3-6-19-10)11(14)13(16)17/h2-3,5-7,11H,1,4H2,(H,16,17). The minimum atomic E-state index is -0.970. The third kappa shape index (κ3) is 2.06. The zero-order valence-electron chi connectivity index (χ0n) is 9.91. The van der Waals surface area contributed by atoms with E-state index in [2.05, 4.69) is 0 Å². The van der Waals surface area contributed by atoms with Crippen molar-refractivity contribution in [2.24, 2.45) is 0 Å². The van der Waals surface area contributed by atoms with E-state index in [0.29, 0.717) is 12.1 Å². The molecule has 1 amide bonds. The fourth-order valence-electron chi connectivity index (χ4n) is 2.35. The lowest BCUT2D eigenvalue weighted by Crippen LogP contribution is -2.42. The molecule has 1 atom stereocenters. The molecule has 19 heavy (non-hydrogen) atoms. The zero-order valence-corrected chi connectivity index (χ0v) is 11.5. The summed E-state index contributed by atoms with van der Waals surface area (Å²) in [5.41, 5.74) is 1.32. The predicted molar refractivity (Wildman–Crippen MR) is 73.8 cm³/mol. The van der Waals surface area contributed by atoms with Crippen molar-refractivity contribution in [3.63, 3.8) is 0 Å². The minimum absolute atomic E-state index is 0.203. The number of rotatable bonds is 2. The lowest BCUT2D eigenvalue weighted by atomic mass is 9.99. The molecule has 0 bridgehead atoms. The van der Waals surface area contributed by atoms with Gasteiger partial charge in [0, 0.05) is 16.8 Å². The van der Waals surface area contributed by atoms with Gasteiger partial charge in [-0.15, -0.1) is 11.3 Å². The molecule has 3 heterocycles. The number of thiophene rings is 2. The highest BCUT2D eigenvalue weighted by molar-refractivity contribution is 7.10. The maximum atomic E-state index is 12.4. The molecule has 0 saturated heterocycles. The van der Waals surface area contributed by atoms with Crippen LogP contribution in [0.15, 0.2) is 28.3 Å². The van der Waals surface area contributed by atoms with Crippen LogP contribution in [0, 0.1) is 0 Å². The molecule has 6 heteroatoms. The van der Waals surface area contributed by atoms with Crippen molar-refractivity contribution >= 4 is 34.6 Å². The highest BCUT2D eigenvalue weighted by Crippen LogP contribution is 2.34. The Balaban J connectivity index is 1.98. The first-order chi connectivity index (χ1) is 9.18. The van der Waals surface area contributed by atoms with Gasteiger partial charge in [-0.05, 0) is 34.9 Å². The van der Waals surface area contributed by atoms with Gasteiger partial charge >= 0.3 is 5.97 Å². The van der Waals surface area contributed by atoms with Crippen LogP contribution >= 0.6 is 22.7 Å². The molecular weight excluding hydrogens is 282 g/mol. The van der Waals surface area contributed by atoms with Crippen molar-refractivity contribution in [1.82, 2.24) is 4.90 Å². The lowest BCUT2D eigenvalue weighted by molar-refractivity contribution is -0.142. The van der Waals surface area contributed by atoms with Crippen LogP contribution in [0.2, 0.25) is 0 Å². The average Bonchev–Trinajstić information content (AvgIpc) is 3.06. The predicted octanol–water partition coefficient (Wildman–Crippen LogP) is 2.63. The number of aliphatic carboxylic acids is 1. The highest BCUT2D eigenvalue weighted by atomic mass is 32.1. The largest absolute Gasteiger partial charge is 0.479 e. The monoisotopic (exact) mass is 293 g/mol. The van der Waals surface area contributed by atoms with E-state index in [-0.39, 0.29) is 5.91 Å². The minimum Gasteiger partial charge on any atom is -0.479 e. The number of carbonyl (C=O) groups is 2. The number of carboxylic acid groups (broad SMARTS) is 1. The van der Waals surface area contributed by atoms with Crippen molar-refractivity contribution in [2.75, 3.05) is 6.54 Å². The number of carboxylic acids is 1. The number of nitrogens with zero attached hydrogens (tertiary/aromatic N) is 1. The maximum Gasteiger partial charge on any atom is 0.331 e. The van der Waals surface area contributed by atoms with Gasteiger partial charge in [0.15, 0.2) is 6.04 Å². The Morgan fingerprint density at radius 2 is 2.16 bits per heavy atom. The van der Waals surface area contributed by atoms with E-state index < -0.39 is 12.0 Å². The van der Waals surface area contributed by atoms with Gasteiger partial charge in [0.2, 0.25) is 0 Å². The summed E-state index contributed by atoms with van der Waals surface area (Å²) in [6.07, 6.45) is 0.729. The van der Waals surface area contributed by atoms with E-state index in [9.17, 15) is 14.7 Å². The summed E-state index contributed by atoms with van der Waals surface area (Å²) in [5, 5.41) is 14.9. The van der Waals surface area contributed by atoms with E-state index in [1.54, 1.807) is 22.8 Å². The molecule has 0 aromatic carbocycles. The van der Waals surface area contributed by atoms with Gasteiger partial charge in [-0.2, -0.15) is 11.3 Å². The summed E-state index contributed by atoms with van der Waals surface area (Å²) >= 11 is 2.99. The van der Waals surface area contributed by atoms with Crippen molar-refractivity contribution in [2.45, 2.75) is 12.5 Å². The Bertz CT molecular complexity index is 618. The van der Waals surface area contributed by atoms with Crippen LogP contribution in [0.1, 0.15) is 26.8 Å². The first kappa shape index (κ1) is 12.4. The van der Waals surface area contributed by atoms with Crippen molar-refractivity contribution in [3.05, 3.63) is 44.3 Å². The summed E-state index contributed by atoms with van der Waals surface area (Å²) in [6.45, 7) is 0.458.